The van der Waals surface area contributed by atoms with Crippen LogP contribution in [0.15, 0.2) is 23.0 Å². The van der Waals surface area contributed by atoms with E-state index in [-0.39, 0.29) is 11.7 Å². The Hall–Kier alpha value is -1.71. The van der Waals surface area contributed by atoms with E-state index in [9.17, 15) is 4.79 Å². The number of aromatic amines is 1. The zero-order valence-corrected chi connectivity index (χ0v) is 10.1. The zero-order chi connectivity index (χ0) is 11.9. The molecule has 16 heavy (non-hydrogen) atoms. The molecule has 1 aromatic heterocycles. The number of hydrogen-bond donors (Lipinski definition) is 1. The van der Waals surface area contributed by atoms with Crippen LogP contribution in [0.3, 0.4) is 0 Å². The van der Waals surface area contributed by atoms with Gasteiger partial charge in [-0.05, 0) is 32.0 Å². The van der Waals surface area contributed by atoms with Crippen LogP contribution in [0, 0.1) is 0 Å². The first kappa shape index (κ1) is 10.8. The second-order valence-corrected chi connectivity index (χ2v) is 4.49. The lowest BCUT2D eigenvalue weighted by Gasteiger charge is -2.12. The minimum Gasteiger partial charge on any atom is -0.378 e. The van der Waals surface area contributed by atoms with Gasteiger partial charge in [0, 0.05) is 25.8 Å². The van der Waals surface area contributed by atoms with Crippen molar-refractivity contribution < 1.29 is 0 Å². The lowest BCUT2D eigenvalue weighted by atomic mass is 10.2. The lowest BCUT2D eigenvalue weighted by molar-refractivity contribution is 0.598. The highest BCUT2D eigenvalue weighted by Gasteiger charge is 2.09. The van der Waals surface area contributed by atoms with E-state index in [1.54, 1.807) is 4.57 Å². The highest BCUT2D eigenvalue weighted by molar-refractivity contribution is 5.79. The van der Waals surface area contributed by atoms with E-state index >= 15 is 0 Å². The molecule has 0 saturated carbocycles. The van der Waals surface area contributed by atoms with Gasteiger partial charge in [0.15, 0.2) is 0 Å². The summed E-state index contributed by atoms with van der Waals surface area (Å²) < 4.78 is 1.77. The van der Waals surface area contributed by atoms with Crippen LogP contribution >= 0.6 is 0 Å². The van der Waals surface area contributed by atoms with Crippen LogP contribution in [-0.2, 0) is 0 Å². The van der Waals surface area contributed by atoms with Crippen LogP contribution in [0.5, 0.6) is 0 Å². The molecule has 0 aliphatic heterocycles. The summed E-state index contributed by atoms with van der Waals surface area (Å²) in [6.07, 6.45) is 0. The number of rotatable bonds is 2. The van der Waals surface area contributed by atoms with Crippen molar-refractivity contribution in [3.05, 3.63) is 28.7 Å². The minimum absolute atomic E-state index is 0.0408. The molecule has 0 spiro atoms. The van der Waals surface area contributed by atoms with Crippen molar-refractivity contribution in [2.75, 3.05) is 19.0 Å². The Labute approximate surface area is 94.5 Å². The van der Waals surface area contributed by atoms with Crippen molar-refractivity contribution in [3.8, 4) is 0 Å². The van der Waals surface area contributed by atoms with Gasteiger partial charge in [0.1, 0.15) is 0 Å². The molecule has 0 atom stereocenters. The van der Waals surface area contributed by atoms with E-state index < -0.39 is 0 Å². The van der Waals surface area contributed by atoms with E-state index in [0.29, 0.717) is 0 Å². The first-order chi connectivity index (χ1) is 7.50. The summed E-state index contributed by atoms with van der Waals surface area (Å²) in [5, 5.41) is 0. The van der Waals surface area contributed by atoms with Crippen LogP contribution in [0.4, 0.5) is 5.69 Å². The quantitative estimate of drug-likeness (QED) is 0.839. The number of aromatic nitrogens is 2. The largest absolute Gasteiger partial charge is 0.378 e. The maximum absolute atomic E-state index is 11.8. The van der Waals surface area contributed by atoms with Crippen molar-refractivity contribution in [3.63, 3.8) is 0 Å². The molecular formula is C12H17N3O. The average molecular weight is 219 g/mol. The van der Waals surface area contributed by atoms with Crippen LogP contribution in [0.25, 0.3) is 11.0 Å². The van der Waals surface area contributed by atoms with Crippen molar-refractivity contribution in [1.29, 1.82) is 0 Å². The Morgan fingerprint density at radius 3 is 2.56 bits per heavy atom. The van der Waals surface area contributed by atoms with Crippen molar-refractivity contribution in [2.24, 2.45) is 0 Å². The molecule has 2 rings (SSSR count). The molecule has 86 valence electrons. The Morgan fingerprint density at radius 2 is 2.00 bits per heavy atom. The van der Waals surface area contributed by atoms with Crippen molar-refractivity contribution in [1.82, 2.24) is 9.55 Å². The van der Waals surface area contributed by atoms with Gasteiger partial charge in [-0.15, -0.1) is 0 Å². The number of hydrogen-bond acceptors (Lipinski definition) is 2. The molecule has 1 aromatic carbocycles. The van der Waals surface area contributed by atoms with Gasteiger partial charge >= 0.3 is 5.69 Å². The SMILES string of the molecule is CC(C)n1c(=O)[nH]c2cc(N(C)C)ccc21. The maximum atomic E-state index is 11.8. The number of imidazole rings is 1. The van der Waals surface area contributed by atoms with Gasteiger partial charge in [0.25, 0.3) is 0 Å². The Morgan fingerprint density at radius 1 is 1.31 bits per heavy atom. The highest BCUT2D eigenvalue weighted by Crippen LogP contribution is 2.20. The van der Waals surface area contributed by atoms with Crippen molar-refractivity contribution in [2.45, 2.75) is 19.9 Å². The second-order valence-electron chi connectivity index (χ2n) is 4.49. The van der Waals surface area contributed by atoms with E-state index in [2.05, 4.69) is 4.98 Å². The molecule has 0 radical (unpaired) electrons. The van der Waals surface area contributed by atoms with Crippen LogP contribution in [0.2, 0.25) is 0 Å². The summed E-state index contributed by atoms with van der Waals surface area (Å²) in [4.78, 5) is 16.7. The molecule has 0 bridgehead atoms. The molecule has 0 unspecified atom stereocenters. The topological polar surface area (TPSA) is 41.0 Å². The number of nitrogens with zero attached hydrogens (tertiary/aromatic N) is 2. The number of anilines is 1. The minimum atomic E-state index is -0.0408. The molecule has 0 saturated heterocycles. The molecule has 0 amide bonds. The third-order valence-electron chi connectivity index (χ3n) is 2.73. The number of nitrogens with one attached hydrogen (secondary N) is 1. The monoisotopic (exact) mass is 219 g/mol. The summed E-state index contributed by atoms with van der Waals surface area (Å²) in [5.41, 5.74) is 2.90. The fourth-order valence-electron chi connectivity index (χ4n) is 1.91. The smallest absolute Gasteiger partial charge is 0.326 e. The molecule has 4 heteroatoms. The fraction of sp³-hybridized carbons (Fsp3) is 0.417. The average Bonchev–Trinajstić information content (AvgIpc) is 2.51. The number of benzene rings is 1. The van der Waals surface area contributed by atoms with Gasteiger partial charge in [-0.3, -0.25) is 4.57 Å². The predicted molar refractivity (Wildman–Crippen MR) is 67.3 cm³/mol. The molecule has 4 nitrogen and oxygen atoms in total. The van der Waals surface area contributed by atoms with E-state index in [1.165, 1.54) is 0 Å². The van der Waals surface area contributed by atoms with Crippen LogP contribution in [0.1, 0.15) is 19.9 Å². The molecule has 0 fully saturated rings. The summed E-state index contributed by atoms with van der Waals surface area (Å²) >= 11 is 0. The molecule has 1 heterocycles. The van der Waals surface area contributed by atoms with E-state index in [1.807, 2.05) is 51.0 Å². The third kappa shape index (κ3) is 1.60. The Balaban J connectivity index is 2.70. The van der Waals surface area contributed by atoms with Gasteiger partial charge in [0.2, 0.25) is 0 Å². The van der Waals surface area contributed by atoms with Crippen LogP contribution < -0.4 is 10.6 Å². The molecular weight excluding hydrogens is 202 g/mol. The predicted octanol–water partition coefficient (Wildman–Crippen LogP) is 1.98. The summed E-state index contributed by atoms with van der Waals surface area (Å²) in [7, 11) is 3.97. The normalized spacial score (nSPS) is 11.3. The van der Waals surface area contributed by atoms with Crippen molar-refractivity contribution >= 4 is 16.7 Å². The molecule has 0 aliphatic carbocycles. The first-order valence-electron chi connectivity index (χ1n) is 5.42. The van der Waals surface area contributed by atoms with Gasteiger partial charge in [-0.1, -0.05) is 0 Å². The van der Waals surface area contributed by atoms with Gasteiger partial charge in [0.05, 0.1) is 11.0 Å². The molecule has 2 aromatic rings. The first-order valence-corrected chi connectivity index (χ1v) is 5.42. The van der Waals surface area contributed by atoms with Gasteiger partial charge in [-0.25, -0.2) is 4.79 Å². The fourth-order valence-corrected chi connectivity index (χ4v) is 1.91. The summed E-state index contributed by atoms with van der Waals surface area (Å²) in [5.74, 6) is 0. The number of H-pyrrole nitrogens is 1. The second kappa shape index (κ2) is 3.70. The standard InChI is InChI=1S/C12H17N3O/c1-8(2)15-11-6-5-9(14(3)4)7-10(11)13-12(15)16/h5-8H,1-4H3,(H,13,16). The molecule has 0 aliphatic rings. The zero-order valence-electron chi connectivity index (χ0n) is 10.1. The van der Waals surface area contributed by atoms with Gasteiger partial charge < -0.3 is 9.88 Å². The molecule has 1 N–H and O–H groups in total. The van der Waals surface area contributed by atoms with E-state index in [0.717, 1.165) is 16.7 Å². The lowest BCUT2D eigenvalue weighted by Crippen LogP contribution is -2.18. The number of fused-ring (bicyclic) bond motifs is 1. The van der Waals surface area contributed by atoms with E-state index in [4.69, 9.17) is 0 Å². The third-order valence-corrected chi connectivity index (χ3v) is 2.73. The summed E-state index contributed by atoms with van der Waals surface area (Å²) in [6, 6.07) is 6.18. The van der Waals surface area contributed by atoms with Crippen LogP contribution in [-0.4, -0.2) is 23.6 Å². The Kier molecular flexibility index (Phi) is 2.50. The Bertz CT molecular complexity index is 563. The van der Waals surface area contributed by atoms with Gasteiger partial charge in [-0.2, -0.15) is 0 Å². The summed E-state index contributed by atoms with van der Waals surface area (Å²) in [6.45, 7) is 4.02. The highest BCUT2D eigenvalue weighted by atomic mass is 16.1. The maximum Gasteiger partial charge on any atom is 0.326 e.